The van der Waals surface area contributed by atoms with Crippen molar-refractivity contribution >= 4 is 21.7 Å². The minimum absolute atomic E-state index is 0.00796. The first-order valence-corrected chi connectivity index (χ1v) is 9.25. The Balaban J connectivity index is 1.88. The third-order valence-corrected chi connectivity index (χ3v) is 7.51. The van der Waals surface area contributed by atoms with E-state index in [-0.39, 0.29) is 11.8 Å². The van der Waals surface area contributed by atoms with Gasteiger partial charge in [0, 0.05) is 22.5 Å². The lowest BCUT2D eigenvalue weighted by atomic mass is 9.49. The van der Waals surface area contributed by atoms with E-state index in [0.717, 1.165) is 35.0 Å². The minimum Gasteiger partial charge on any atom is -0.493 e. The van der Waals surface area contributed by atoms with Crippen LogP contribution in [-0.4, -0.2) is 54.2 Å². The molecule has 0 aromatic heterocycles. The van der Waals surface area contributed by atoms with Crippen LogP contribution in [-0.2, 0) is 16.6 Å². The largest absolute Gasteiger partial charge is 0.493 e. The second kappa shape index (κ2) is 4.54. The van der Waals surface area contributed by atoms with Crippen LogP contribution in [0.3, 0.4) is 0 Å². The molecule has 5 nitrogen and oxygen atoms in total. The van der Waals surface area contributed by atoms with Crippen LogP contribution in [0, 0.1) is 0 Å². The molecule has 128 valence electrons. The zero-order valence-corrected chi connectivity index (χ0v) is 15.4. The van der Waals surface area contributed by atoms with Crippen molar-refractivity contribution in [3.63, 3.8) is 0 Å². The number of likely N-dealkylation sites (tertiary alicyclic amines) is 1. The van der Waals surface area contributed by atoms with Crippen LogP contribution < -0.4 is 9.47 Å². The number of benzene rings is 1. The summed E-state index contributed by atoms with van der Waals surface area (Å²) in [6.07, 6.45) is 1.78. The van der Waals surface area contributed by atoms with Gasteiger partial charge < -0.3 is 19.5 Å². The van der Waals surface area contributed by atoms with E-state index in [2.05, 4.69) is 27.9 Å². The maximum atomic E-state index is 12.7. The molecule has 2 heterocycles. The Morgan fingerprint density at radius 2 is 2.25 bits per heavy atom. The van der Waals surface area contributed by atoms with Gasteiger partial charge in [0.05, 0.1) is 18.1 Å². The maximum Gasteiger partial charge on any atom is 0.174 e. The molecule has 2 fully saturated rings. The normalized spacial score (nSPS) is 39.4. The number of carbonyl (C=O) groups is 1. The number of aliphatic hydroxyl groups is 1. The number of hydrogen-bond donors (Lipinski definition) is 1. The summed E-state index contributed by atoms with van der Waals surface area (Å²) in [5.74, 6) is 1.40. The fraction of sp³-hybridized carbons (Fsp3) is 0.611. The molecule has 0 radical (unpaired) electrons. The van der Waals surface area contributed by atoms with E-state index in [1.165, 1.54) is 0 Å². The van der Waals surface area contributed by atoms with Gasteiger partial charge in [-0.15, -0.1) is 0 Å². The van der Waals surface area contributed by atoms with E-state index >= 15 is 0 Å². The number of ketones is 1. The molecule has 1 N–H and O–H groups in total. The number of Topliss-reactive ketones (excluding diaryl/α,β-unsaturated/α-hetero) is 1. The van der Waals surface area contributed by atoms with E-state index in [0.29, 0.717) is 24.3 Å². The fourth-order valence-electron chi connectivity index (χ4n) is 5.72. The summed E-state index contributed by atoms with van der Waals surface area (Å²) in [7, 11) is 3.68. The summed E-state index contributed by atoms with van der Waals surface area (Å²) in [5.41, 5.74) is 0.602. The number of likely N-dealkylation sites (N-methyl/N-ethyl adjacent to an activating group) is 1. The number of rotatable bonds is 1. The molecular formula is C18H20BrNO4. The third-order valence-electron chi connectivity index (χ3n) is 6.81. The van der Waals surface area contributed by atoms with Crippen molar-refractivity contribution in [2.24, 2.45) is 0 Å². The highest BCUT2D eigenvalue weighted by Crippen LogP contribution is 2.65. The second-order valence-corrected chi connectivity index (χ2v) is 8.41. The van der Waals surface area contributed by atoms with Crippen LogP contribution in [0.4, 0.5) is 0 Å². The van der Waals surface area contributed by atoms with Gasteiger partial charge in [-0.3, -0.25) is 4.79 Å². The fourth-order valence-corrected chi connectivity index (χ4v) is 6.28. The number of methoxy groups -OCH3 is 1. The van der Waals surface area contributed by atoms with Gasteiger partial charge in [0.1, 0.15) is 0 Å². The average Bonchev–Trinajstić information content (AvgIpc) is 2.90. The highest BCUT2D eigenvalue weighted by atomic mass is 79.9. The highest BCUT2D eigenvalue weighted by molar-refractivity contribution is 9.10. The summed E-state index contributed by atoms with van der Waals surface area (Å²) in [4.78, 5) is 15.0. The van der Waals surface area contributed by atoms with Crippen molar-refractivity contribution in [2.45, 2.75) is 48.8 Å². The smallest absolute Gasteiger partial charge is 0.174 e. The van der Waals surface area contributed by atoms with Gasteiger partial charge in [0.15, 0.2) is 23.4 Å². The Morgan fingerprint density at radius 3 is 3.00 bits per heavy atom. The van der Waals surface area contributed by atoms with Crippen LogP contribution in [0.15, 0.2) is 10.5 Å². The lowest BCUT2D eigenvalue weighted by Crippen LogP contribution is -2.76. The van der Waals surface area contributed by atoms with Gasteiger partial charge in [0.2, 0.25) is 0 Å². The minimum atomic E-state index is -0.928. The Labute approximate surface area is 149 Å². The number of halogens is 1. The first-order chi connectivity index (χ1) is 11.4. The van der Waals surface area contributed by atoms with Gasteiger partial charge in [-0.2, -0.15) is 0 Å². The van der Waals surface area contributed by atoms with Crippen LogP contribution in [0.5, 0.6) is 11.5 Å². The Hall–Kier alpha value is -1.11. The average molecular weight is 394 g/mol. The summed E-state index contributed by atoms with van der Waals surface area (Å²) in [5, 5.41) is 11.8. The summed E-state index contributed by atoms with van der Waals surface area (Å²) < 4.78 is 12.7. The summed E-state index contributed by atoms with van der Waals surface area (Å²) in [6.45, 7) is 0.855. The van der Waals surface area contributed by atoms with Gasteiger partial charge in [-0.05, 0) is 44.5 Å². The SMILES string of the molecule is COc1cc(Br)c2c3c1O[C@H]1C(=O)CC[C@@]4(O)[C@@H](C2)N(C)CC[C@]314. The molecule has 4 aliphatic rings. The van der Waals surface area contributed by atoms with E-state index in [9.17, 15) is 9.90 Å². The molecule has 0 amide bonds. The zero-order valence-electron chi connectivity index (χ0n) is 13.8. The molecule has 1 aromatic rings. The summed E-state index contributed by atoms with van der Waals surface area (Å²) >= 11 is 3.68. The van der Waals surface area contributed by atoms with E-state index < -0.39 is 17.1 Å². The molecular weight excluding hydrogens is 374 g/mol. The predicted octanol–water partition coefficient (Wildman–Crippen LogP) is 1.81. The Morgan fingerprint density at radius 1 is 1.46 bits per heavy atom. The first kappa shape index (κ1) is 15.2. The molecule has 5 rings (SSSR count). The van der Waals surface area contributed by atoms with Gasteiger partial charge in [-0.25, -0.2) is 0 Å². The van der Waals surface area contributed by atoms with E-state index in [1.54, 1.807) is 7.11 Å². The standard InChI is InChI=1S/C18H20BrNO4/c1-20-6-5-17-14-9-7-13(20)18(17,22)4-3-11(21)16(17)24-15(14)12(23-2)8-10(9)19/h8,13,16,22H,3-7H2,1-2H3/t13-,16+,17+,18-/m1/s1. The zero-order chi connectivity index (χ0) is 16.9. The van der Waals surface area contributed by atoms with Crippen molar-refractivity contribution in [1.82, 2.24) is 4.90 Å². The topological polar surface area (TPSA) is 59.0 Å². The Kier molecular flexibility index (Phi) is 2.87. The second-order valence-electron chi connectivity index (χ2n) is 7.55. The monoisotopic (exact) mass is 393 g/mol. The van der Waals surface area contributed by atoms with Crippen molar-refractivity contribution in [1.29, 1.82) is 0 Å². The molecule has 1 saturated heterocycles. The maximum absolute atomic E-state index is 12.7. The number of ether oxygens (including phenoxy) is 2. The molecule has 6 heteroatoms. The van der Waals surface area contributed by atoms with Gasteiger partial charge >= 0.3 is 0 Å². The third kappa shape index (κ3) is 1.43. The first-order valence-electron chi connectivity index (χ1n) is 8.46. The van der Waals surface area contributed by atoms with Gasteiger partial charge in [-0.1, -0.05) is 15.9 Å². The van der Waals surface area contributed by atoms with Crippen LogP contribution in [0.1, 0.15) is 30.4 Å². The van der Waals surface area contributed by atoms with Crippen molar-refractivity contribution in [3.05, 3.63) is 21.7 Å². The molecule has 1 saturated carbocycles. The number of hydrogen-bond acceptors (Lipinski definition) is 5. The molecule has 2 bridgehead atoms. The molecule has 0 unspecified atom stereocenters. The lowest BCUT2D eigenvalue weighted by molar-refractivity contribution is -0.185. The molecule has 24 heavy (non-hydrogen) atoms. The van der Waals surface area contributed by atoms with Crippen LogP contribution in [0.25, 0.3) is 0 Å². The molecule has 1 spiro atoms. The van der Waals surface area contributed by atoms with Crippen LogP contribution in [0.2, 0.25) is 0 Å². The molecule has 1 aromatic carbocycles. The van der Waals surface area contributed by atoms with Crippen molar-refractivity contribution in [3.8, 4) is 11.5 Å². The lowest BCUT2D eigenvalue weighted by Gasteiger charge is -2.62. The van der Waals surface area contributed by atoms with E-state index in [4.69, 9.17) is 9.47 Å². The van der Waals surface area contributed by atoms with E-state index in [1.807, 2.05) is 6.07 Å². The number of carbonyl (C=O) groups excluding carboxylic acids is 1. The molecule has 4 atom stereocenters. The number of piperidine rings is 1. The van der Waals surface area contributed by atoms with Crippen LogP contribution >= 0.6 is 15.9 Å². The molecule has 2 aliphatic carbocycles. The predicted molar refractivity (Wildman–Crippen MR) is 90.7 cm³/mol. The number of nitrogens with zero attached hydrogens (tertiary/aromatic N) is 1. The highest BCUT2D eigenvalue weighted by Gasteiger charge is 2.73. The van der Waals surface area contributed by atoms with Crippen molar-refractivity contribution < 1.29 is 19.4 Å². The Bertz CT molecular complexity index is 781. The summed E-state index contributed by atoms with van der Waals surface area (Å²) in [6, 6.07) is 1.93. The van der Waals surface area contributed by atoms with Gasteiger partial charge in [0.25, 0.3) is 0 Å². The quantitative estimate of drug-likeness (QED) is 0.788. The van der Waals surface area contributed by atoms with Crippen molar-refractivity contribution in [2.75, 3.05) is 20.7 Å². The molecule has 2 aliphatic heterocycles.